The first-order valence-corrected chi connectivity index (χ1v) is 10.7. The van der Waals surface area contributed by atoms with E-state index in [9.17, 15) is 4.79 Å². The number of alkyl carbamates (subject to hydrolysis) is 1. The smallest absolute Gasteiger partial charge is 0.407 e. The van der Waals surface area contributed by atoms with Gasteiger partial charge in [0.25, 0.3) is 0 Å². The van der Waals surface area contributed by atoms with Crippen molar-refractivity contribution in [3.05, 3.63) is 47.2 Å². The first kappa shape index (κ1) is 20.4. The molecule has 1 saturated heterocycles. The van der Waals surface area contributed by atoms with E-state index in [1.165, 1.54) is 11.1 Å². The molecule has 2 unspecified atom stereocenters. The summed E-state index contributed by atoms with van der Waals surface area (Å²) >= 11 is 0. The van der Waals surface area contributed by atoms with Crippen LogP contribution in [-0.4, -0.2) is 40.8 Å². The Morgan fingerprint density at radius 2 is 1.97 bits per heavy atom. The number of fused-ring (bicyclic) bond motifs is 1. The van der Waals surface area contributed by atoms with Gasteiger partial charge in [-0.2, -0.15) is 4.98 Å². The van der Waals surface area contributed by atoms with E-state index in [0.717, 1.165) is 43.7 Å². The van der Waals surface area contributed by atoms with Crippen LogP contribution in [0.1, 0.15) is 56.4 Å². The molecule has 30 heavy (non-hydrogen) atoms. The van der Waals surface area contributed by atoms with Gasteiger partial charge in [0.05, 0.1) is 11.7 Å². The van der Waals surface area contributed by atoms with Gasteiger partial charge in [0.1, 0.15) is 11.4 Å². The molecule has 0 saturated carbocycles. The topological polar surface area (TPSA) is 93.4 Å². The van der Waals surface area contributed by atoms with Gasteiger partial charge in [-0.05, 0) is 57.9 Å². The van der Waals surface area contributed by atoms with Gasteiger partial charge in [-0.3, -0.25) is 0 Å². The van der Waals surface area contributed by atoms with Crippen LogP contribution in [0.4, 0.5) is 16.6 Å². The van der Waals surface area contributed by atoms with Gasteiger partial charge in [-0.15, -0.1) is 0 Å². The fraction of sp³-hybridized carbons (Fsp3) is 0.522. The lowest BCUT2D eigenvalue weighted by molar-refractivity contribution is 0.0509. The van der Waals surface area contributed by atoms with E-state index in [2.05, 4.69) is 44.5 Å². The van der Waals surface area contributed by atoms with Crippen LogP contribution in [0.3, 0.4) is 0 Å². The first-order chi connectivity index (χ1) is 14.3. The number of benzene rings is 1. The number of nitrogen functional groups attached to an aromatic ring is 1. The monoisotopic (exact) mass is 409 g/mol. The summed E-state index contributed by atoms with van der Waals surface area (Å²) in [5.74, 6) is 1.71. The van der Waals surface area contributed by atoms with Gasteiger partial charge >= 0.3 is 6.09 Å². The fourth-order valence-corrected chi connectivity index (χ4v) is 4.43. The van der Waals surface area contributed by atoms with E-state index in [4.69, 9.17) is 10.5 Å². The van der Waals surface area contributed by atoms with Crippen molar-refractivity contribution in [3.63, 3.8) is 0 Å². The summed E-state index contributed by atoms with van der Waals surface area (Å²) in [7, 11) is 0. The molecule has 0 spiro atoms. The Labute approximate surface area is 178 Å². The van der Waals surface area contributed by atoms with Gasteiger partial charge in [0, 0.05) is 18.7 Å². The van der Waals surface area contributed by atoms with Crippen molar-refractivity contribution in [2.24, 2.45) is 0 Å². The third-order valence-electron chi connectivity index (χ3n) is 5.75. The zero-order valence-corrected chi connectivity index (χ0v) is 18.0. The molecule has 0 bridgehead atoms. The molecule has 4 rings (SSSR count). The number of rotatable bonds is 3. The van der Waals surface area contributed by atoms with Crippen LogP contribution in [0.2, 0.25) is 0 Å². The van der Waals surface area contributed by atoms with E-state index < -0.39 is 5.60 Å². The third-order valence-corrected chi connectivity index (χ3v) is 5.75. The van der Waals surface area contributed by atoms with Gasteiger partial charge in [-0.1, -0.05) is 30.3 Å². The van der Waals surface area contributed by atoms with E-state index in [1.54, 1.807) is 0 Å². The highest BCUT2D eigenvalue weighted by Crippen LogP contribution is 2.36. The minimum atomic E-state index is -0.502. The molecule has 1 aliphatic carbocycles. The summed E-state index contributed by atoms with van der Waals surface area (Å²) in [5, 5.41) is 2.98. The van der Waals surface area contributed by atoms with Gasteiger partial charge < -0.3 is 20.7 Å². The molecule has 1 aromatic heterocycles. The number of nitrogens with zero attached hydrogens (tertiary/aromatic N) is 3. The van der Waals surface area contributed by atoms with E-state index in [0.29, 0.717) is 18.4 Å². The van der Waals surface area contributed by atoms with Crippen molar-refractivity contribution in [1.82, 2.24) is 15.3 Å². The van der Waals surface area contributed by atoms with Gasteiger partial charge in [-0.25, -0.2) is 9.78 Å². The van der Waals surface area contributed by atoms with Gasteiger partial charge in [0.2, 0.25) is 5.95 Å². The van der Waals surface area contributed by atoms with Crippen molar-refractivity contribution in [2.75, 3.05) is 23.7 Å². The van der Waals surface area contributed by atoms with Crippen molar-refractivity contribution >= 4 is 17.9 Å². The Balaban J connectivity index is 1.47. The molecule has 7 heteroatoms. The lowest BCUT2D eigenvalue weighted by Gasteiger charge is -2.29. The molecule has 1 amide bonds. The van der Waals surface area contributed by atoms with Gasteiger partial charge in [0.15, 0.2) is 0 Å². The molecule has 2 heterocycles. The number of carbonyl (C=O) groups excluding carboxylic acids is 1. The number of aromatic nitrogens is 2. The summed E-state index contributed by atoms with van der Waals surface area (Å²) in [4.78, 5) is 23.5. The van der Waals surface area contributed by atoms with E-state index in [1.807, 2.05) is 26.8 Å². The Morgan fingerprint density at radius 3 is 2.70 bits per heavy atom. The maximum atomic E-state index is 12.1. The molecule has 160 valence electrons. The SMILES string of the molecule is CC(C)(C)OC(=O)NC1CCN(c2nc(N)nc3c2CCC(c2ccccc2)C3)C1. The molecule has 7 nitrogen and oxygen atoms in total. The molecule has 2 atom stereocenters. The highest BCUT2D eigenvalue weighted by atomic mass is 16.6. The predicted octanol–water partition coefficient (Wildman–Crippen LogP) is 3.43. The fourth-order valence-electron chi connectivity index (χ4n) is 4.43. The summed E-state index contributed by atoms with van der Waals surface area (Å²) in [6, 6.07) is 10.6. The second kappa shape index (κ2) is 8.13. The van der Waals surface area contributed by atoms with Crippen LogP contribution < -0.4 is 16.0 Å². The zero-order valence-electron chi connectivity index (χ0n) is 18.0. The quantitative estimate of drug-likeness (QED) is 0.807. The number of anilines is 2. The normalized spacial score (nSPS) is 21.2. The minimum Gasteiger partial charge on any atom is -0.444 e. The second-order valence-corrected chi connectivity index (χ2v) is 9.26. The van der Waals surface area contributed by atoms with Crippen LogP contribution in [0.5, 0.6) is 0 Å². The lowest BCUT2D eigenvalue weighted by atomic mass is 9.82. The number of ether oxygens (including phenoxy) is 1. The average Bonchev–Trinajstić information content (AvgIpc) is 3.14. The molecule has 1 fully saturated rings. The Hall–Kier alpha value is -2.83. The summed E-state index contributed by atoms with van der Waals surface area (Å²) in [6.07, 6.45) is 3.37. The Bertz CT molecular complexity index is 910. The molecule has 2 aromatic rings. The number of carbonyl (C=O) groups is 1. The van der Waals surface area contributed by atoms with E-state index >= 15 is 0 Å². The Kier molecular flexibility index (Phi) is 5.54. The number of hydrogen-bond donors (Lipinski definition) is 2. The Morgan fingerprint density at radius 1 is 1.20 bits per heavy atom. The number of nitrogens with one attached hydrogen (secondary N) is 1. The maximum Gasteiger partial charge on any atom is 0.407 e. The van der Waals surface area contributed by atoms with Crippen LogP contribution >= 0.6 is 0 Å². The van der Waals surface area contributed by atoms with Crippen LogP contribution in [0.25, 0.3) is 0 Å². The van der Waals surface area contributed by atoms with Crippen molar-refractivity contribution < 1.29 is 9.53 Å². The lowest BCUT2D eigenvalue weighted by Crippen LogP contribution is -2.40. The molecule has 2 aliphatic rings. The first-order valence-electron chi connectivity index (χ1n) is 10.7. The summed E-state index contributed by atoms with van der Waals surface area (Å²) in [5.41, 5.74) is 9.19. The number of amides is 1. The number of nitrogens with two attached hydrogens (primary N) is 1. The molecule has 0 radical (unpaired) electrons. The molecular formula is C23H31N5O2. The van der Waals surface area contributed by atoms with Crippen LogP contribution in [-0.2, 0) is 17.6 Å². The maximum absolute atomic E-state index is 12.1. The third kappa shape index (κ3) is 4.66. The highest BCUT2D eigenvalue weighted by molar-refractivity contribution is 5.68. The predicted molar refractivity (Wildman–Crippen MR) is 118 cm³/mol. The molecule has 1 aromatic carbocycles. The van der Waals surface area contributed by atoms with Crippen molar-refractivity contribution in [2.45, 2.75) is 64.0 Å². The summed E-state index contributed by atoms with van der Waals surface area (Å²) < 4.78 is 5.39. The summed E-state index contributed by atoms with van der Waals surface area (Å²) in [6.45, 7) is 7.13. The molecule has 3 N–H and O–H groups in total. The van der Waals surface area contributed by atoms with Crippen LogP contribution in [0.15, 0.2) is 30.3 Å². The van der Waals surface area contributed by atoms with Crippen molar-refractivity contribution in [3.8, 4) is 0 Å². The minimum absolute atomic E-state index is 0.0346. The standard InChI is InChI=1S/C23H31N5O2/c1-23(2,3)30-22(29)25-17-11-12-28(14-17)20-18-10-9-16(15-7-5-4-6-8-15)13-19(18)26-21(24)27-20/h4-8,16-17H,9-14H2,1-3H3,(H,25,29)(H2,24,26,27). The highest BCUT2D eigenvalue weighted by Gasteiger charge is 2.31. The largest absolute Gasteiger partial charge is 0.444 e. The van der Waals surface area contributed by atoms with E-state index in [-0.39, 0.29) is 12.1 Å². The van der Waals surface area contributed by atoms with Crippen molar-refractivity contribution in [1.29, 1.82) is 0 Å². The molecular weight excluding hydrogens is 378 g/mol. The second-order valence-electron chi connectivity index (χ2n) is 9.26. The number of hydrogen-bond acceptors (Lipinski definition) is 6. The average molecular weight is 410 g/mol. The van der Waals surface area contributed by atoms with Crippen LogP contribution in [0, 0.1) is 0 Å². The molecule has 1 aliphatic heterocycles. The zero-order chi connectivity index (χ0) is 21.3.